The molecule has 1 heterocycles. The molecule has 0 fully saturated rings. The zero-order valence-corrected chi connectivity index (χ0v) is 16.7. The van der Waals surface area contributed by atoms with Gasteiger partial charge in [-0.05, 0) is 37.1 Å². The summed E-state index contributed by atoms with van der Waals surface area (Å²) in [7, 11) is 3.36. The second kappa shape index (κ2) is 9.26. The highest BCUT2D eigenvalue weighted by molar-refractivity contribution is 5.93. The summed E-state index contributed by atoms with van der Waals surface area (Å²) in [6, 6.07) is 10.9. The fourth-order valence-corrected chi connectivity index (χ4v) is 2.84. The highest BCUT2D eigenvalue weighted by Crippen LogP contribution is 2.26. The lowest BCUT2D eigenvalue weighted by Gasteiger charge is -2.19. The smallest absolute Gasteiger partial charge is 0.263 e. The average molecular weight is 372 g/mol. The van der Waals surface area contributed by atoms with Gasteiger partial charge >= 0.3 is 0 Å². The summed E-state index contributed by atoms with van der Waals surface area (Å²) < 4.78 is 12.8. The monoisotopic (exact) mass is 372 g/mol. The fraction of sp³-hybridized carbons (Fsp3) is 0.429. The third-order valence-electron chi connectivity index (χ3n) is 4.35. The first kappa shape index (κ1) is 20.6. The van der Waals surface area contributed by atoms with Crippen molar-refractivity contribution in [3.05, 3.63) is 58.0 Å². The number of para-hydroxylation sites is 2. The van der Waals surface area contributed by atoms with Crippen LogP contribution in [0.3, 0.4) is 0 Å². The van der Waals surface area contributed by atoms with Crippen molar-refractivity contribution < 1.29 is 14.3 Å². The zero-order valence-electron chi connectivity index (χ0n) is 16.7. The minimum Gasteiger partial charge on any atom is -0.490 e. The molecule has 2 aromatic rings. The minimum absolute atomic E-state index is 0.166. The molecule has 27 heavy (non-hydrogen) atoms. The van der Waals surface area contributed by atoms with Crippen LogP contribution in [0.4, 0.5) is 0 Å². The van der Waals surface area contributed by atoms with Crippen molar-refractivity contribution in [1.82, 2.24) is 9.47 Å². The largest absolute Gasteiger partial charge is 0.490 e. The maximum absolute atomic E-state index is 12.6. The molecule has 146 valence electrons. The van der Waals surface area contributed by atoms with Gasteiger partial charge in [-0.2, -0.15) is 0 Å². The van der Waals surface area contributed by atoms with E-state index in [1.165, 1.54) is 4.90 Å². The van der Waals surface area contributed by atoms with Crippen LogP contribution in [0.5, 0.6) is 11.5 Å². The quantitative estimate of drug-likeness (QED) is 0.715. The molecule has 1 amide bonds. The molecular formula is C21H28N2O4. The van der Waals surface area contributed by atoms with Gasteiger partial charge in [0.2, 0.25) is 0 Å². The Morgan fingerprint density at radius 3 is 2.33 bits per heavy atom. The van der Waals surface area contributed by atoms with Gasteiger partial charge < -0.3 is 18.9 Å². The Morgan fingerprint density at radius 2 is 1.74 bits per heavy atom. The van der Waals surface area contributed by atoms with E-state index in [2.05, 4.69) is 0 Å². The van der Waals surface area contributed by atoms with Gasteiger partial charge in [0.25, 0.3) is 11.5 Å². The molecule has 0 saturated heterocycles. The molecule has 0 aliphatic rings. The molecule has 0 radical (unpaired) electrons. The van der Waals surface area contributed by atoms with Gasteiger partial charge in [-0.25, -0.2) is 0 Å². The van der Waals surface area contributed by atoms with Crippen molar-refractivity contribution in [3.8, 4) is 11.5 Å². The molecule has 2 rings (SSSR count). The molecular weight excluding hydrogens is 344 g/mol. The van der Waals surface area contributed by atoms with Crippen LogP contribution in [-0.2, 0) is 7.05 Å². The van der Waals surface area contributed by atoms with Crippen LogP contribution >= 0.6 is 0 Å². The molecule has 0 atom stereocenters. The topological polar surface area (TPSA) is 60.8 Å². The van der Waals surface area contributed by atoms with Crippen molar-refractivity contribution in [2.75, 3.05) is 26.8 Å². The summed E-state index contributed by atoms with van der Waals surface area (Å²) in [5, 5.41) is 0. The van der Waals surface area contributed by atoms with Gasteiger partial charge in [0, 0.05) is 19.8 Å². The Bertz CT molecular complexity index is 842. The predicted octanol–water partition coefficient (Wildman–Crippen LogP) is 3.06. The second-order valence-electron chi connectivity index (χ2n) is 6.65. The number of likely N-dealkylation sites (N-methyl/N-ethyl adjacent to an activating group) is 1. The van der Waals surface area contributed by atoms with E-state index in [0.717, 1.165) is 5.69 Å². The maximum atomic E-state index is 12.6. The van der Waals surface area contributed by atoms with Crippen molar-refractivity contribution >= 4 is 5.91 Å². The Hall–Kier alpha value is -2.76. The lowest BCUT2D eigenvalue weighted by atomic mass is 10.1. The number of rotatable bonds is 8. The lowest BCUT2D eigenvalue weighted by molar-refractivity contribution is 0.0770. The third-order valence-corrected chi connectivity index (χ3v) is 4.35. The van der Waals surface area contributed by atoms with E-state index in [4.69, 9.17) is 9.47 Å². The number of hydrogen-bond donors (Lipinski definition) is 0. The first-order chi connectivity index (χ1) is 12.9. The molecule has 1 aromatic carbocycles. The fourth-order valence-electron chi connectivity index (χ4n) is 2.84. The molecule has 0 aliphatic heterocycles. The lowest BCUT2D eigenvalue weighted by Crippen LogP contribution is -2.36. The second-order valence-corrected chi connectivity index (χ2v) is 6.65. The standard InChI is InChI=1S/C21H28N2O4/c1-6-26-18-9-7-8-10-19(18)27-14-13-22(4)20(24)16-11-12-17(15(2)3)23(5)21(16)25/h7-12,15H,6,13-14H2,1-5H3. The number of carbonyl (C=O) groups excluding carboxylic acids is 1. The number of amides is 1. The Balaban J connectivity index is 2.03. The van der Waals surface area contributed by atoms with Gasteiger partial charge in [0.1, 0.15) is 12.2 Å². The normalized spacial score (nSPS) is 10.7. The molecule has 0 spiro atoms. The van der Waals surface area contributed by atoms with Crippen molar-refractivity contribution in [3.63, 3.8) is 0 Å². The van der Waals surface area contributed by atoms with E-state index in [1.54, 1.807) is 24.7 Å². The van der Waals surface area contributed by atoms with E-state index in [9.17, 15) is 9.59 Å². The van der Waals surface area contributed by atoms with E-state index in [0.29, 0.717) is 31.3 Å². The summed E-state index contributed by atoms with van der Waals surface area (Å²) in [6.45, 7) is 7.15. The van der Waals surface area contributed by atoms with Gasteiger partial charge in [-0.15, -0.1) is 0 Å². The molecule has 1 aromatic heterocycles. The maximum Gasteiger partial charge on any atom is 0.263 e. The number of carbonyl (C=O) groups is 1. The molecule has 6 heteroatoms. The highest BCUT2D eigenvalue weighted by atomic mass is 16.5. The summed E-state index contributed by atoms with van der Waals surface area (Å²) in [5.41, 5.74) is 0.787. The molecule has 0 saturated carbocycles. The van der Waals surface area contributed by atoms with Crippen molar-refractivity contribution in [1.29, 1.82) is 0 Å². The molecule has 0 N–H and O–H groups in total. The van der Waals surface area contributed by atoms with Crippen molar-refractivity contribution in [2.45, 2.75) is 26.7 Å². The van der Waals surface area contributed by atoms with Gasteiger partial charge in [0.15, 0.2) is 11.5 Å². The zero-order chi connectivity index (χ0) is 20.0. The van der Waals surface area contributed by atoms with Crippen LogP contribution in [0.2, 0.25) is 0 Å². The molecule has 0 unspecified atom stereocenters. The molecule has 6 nitrogen and oxygen atoms in total. The van der Waals surface area contributed by atoms with E-state index in [-0.39, 0.29) is 22.9 Å². The van der Waals surface area contributed by atoms with E-state index in [1.807, 2.05) is 51.1 Å². The third kappa shape index (κ3) is 4.90. The number of aromatic nitrogens is 1. The molecule has 0 aliphatic carbocycles. The number of benzene rings is 1. The van der Waals surface area contributed by atoms with Gasteiger partial charge in [-0.1, -0.05) is 26.0 Å². The van der Waals surface area contributed by atoms with Crippen LogP contribution in [0, 0.1) is 0 Å². The van der Waals surface area contributed by atoms with E-state index < -0.39 is 0 Å². The van der Waals surface area contributed by atoms with Gasteiger partial charge in [-0.3, -0.25) is 9.59 Å². The first-order valence-corrected chi connectivity index (χ1v) is 9.16. The number of ether oxygens (including phenoxy) is 2. The Labute approximate surface area is 160 Å². The Kier molecular flexibility index (Phi) is 7.05. The van der Waals surface area contributed by atoms with Crippen molar-refractivity contribution in [2.24, 2.45) is 7.05 Å². The summed E-state index contributed by atoms with van der Waals surface area (Å²) >= 11 is 0. The van der Waals surface area contributed by atoms with Crippen LogP contribution in [0.1, 0.15) is 42.7 Å². The SMILES string of the molecule is CCOc1ccccc1OCCN(C)C(=O)c1ccc(C(C)C)n(C)c1=O. The number of hydrogen-bond acceptors (Lipinski definition) is 4. The van der Waals surface area contributed by atoms with Crippen LogP contribution < -0.4 is 15.0 Å². The minimum atomic E-state index is -0.312. The summed E-state index contributed by atoms with van der Waals surface area (Å²) in [5.74, 6) is 1.21. The Morgan fingerprint density at radius 1 is 1.11 bits per heavy atom. The molecule has 0 bridgehead atoms. The predicted molar refractivity (Wildman–Crippen MR) is 106 cm³/mol. The highest BCUT2D eigenvalue weighted by Gasteiger charge is 2.18. The first-order valence-electron chi connectivity index (χ1n) is 9.16. The number of pyridine rings is 1. The van der Waals surface area contributed by atoms with Crippen LogP contribution in [0.25, 0.3) is 0 Å². The summed E-state index contributed by atoms with van der Waals surface area (Å²) in [6.07, 6.45) is 0. The van der Waals surface area contributed by atoms with Gasteiger partial charge in [0.05, 0.1) is 13.2 Å². The van der Waals surface area contributed by atoms with Crippen LogP contribution in [-0.4, -0.2) is 42.2 Å². The number of nitrogens with zero attached hydrogens (tertiary/aromatic N) is 2. The summed E-state index contributed by atoms with van der Waals surface area (Å²) in [4.78, 5) is 26.7. The van der Waals surface area contributed by atoms with Crippen LogP contribution in [0.15, 0.2) is 41.2 Å². The van der Waals surface area contributed by atoms with E-state index >= 15 is 0 Å². The average Bonchev–Trinajstić information content (AvgIpc) is 2.64.